The van der Waals surface area contributed by atoms with Gasteiger partial charge in [-0.3, -0.25) is 0 Å². The van der Waals surface area contributed by atoms with Gasteiger partial charge in [0.1, 0.15) is 5.82 Å². The average Bonchev–Trinajstić information content (AvgIpc) is 2.20. The van der Waals surface area contributed by atoms with Crippen molar-refractivity contribution in [2.24, 2.45) is 0 Å². The van der Waals surface area contributed by atoms with Crippen molar-refractivity contribution in [2.45, 2.75) is 17.1 Å². The first-order chi connectivity index (χ1) is 6.67. The lowest BCUT2D eigenvalue weighted by atomic mass is 10.2. The van der Waals surface area contributed by atoms with E-state index in [0.29, 0.717) is 10.5 Å². The molecule has 1 unspecified atom stereocenters. The van der Waals surface area contributed by atoms with Gasteiger partial charge in [0.15, 0.2) is 0 Å². The third-order valence-corrected chi connectivity index (χ3v) is 2.78. The van der Waals surface area contributed by atoms with Gasteiger partial charge in [-0.2, -0.15) is 5.26 Å². The minimum atomic E-state index is -0.408. The molecule has 0 fully saturated rings. The fourth-order valence-electron chi connectivity index (χ4n) is 0.920. The number of thioether (sulfide) groups is 1. The van der Waals surface area contributed by atoms with E-state index in [4.69, 9.17) is 10.4 Å². The molecule has 0 aromatic heterocycles. The van der Waals surface area contributed by atoms with E-state index in [1.54, 1.807) is 12.1 Å². The molecule has 0 amide bonds. The Hall–Kier alpha value is -1.05. The lowest BCUT2D eigenvalue weighted by molar-refractivity contribution is 0.300. The molecule has 0 bridgehead atoms. The van der Waals surface area contributed by atoms with E-state index in [1.165, 1.54) is 17.8 Å². The molecule has 0 radical (unpaired) electrons. The van der Waals surface area contributed by atoms with Crippen molar-refractivity contribution >= 4 is 11.8 Å². The van der Waals surface area contributed by atoms with Gasteiger partial charge in [-0.15, -0.1) is 11.8 Å². The van der Waals surface area contributed by atoms with Crippen LogP contribution in [0, 0.1) is 17.1 Å². The molecule has 2 nitrogen and oxygen atoms in total. The topological polar surface area (TPSA) is 44.0 Å². The van der Waals surface area contributed by atoms with Gasteiger partial charge in [0.05, 0.1) is 18.2 Å². The SMILES string of the molecule is CC(CO)Sc1ccc(C#N)cc1F. The zero-order valence-corrected chi connectivity index (χ0v) is 8.51. The molecule has 74 valence electrons. The van der Waals surface area contributed by atoms with Gasteiger partial charge in [0.25, 0.3) is 0 Å². The number of aliphatic hydroxyl groups excluding tert-OH is 1. The van der Waals surface area contributed by atoms with Crippen LogP contribution in [-0.4, -0.2) is 17.0 Å². The molecule has 14 heavy (non-hydrogen) atoms. The Kier molecular flexibility index (Phi) is 3.93. The second kappa shape index (κ2) is 4.99. The highest BCUT2D eigenvalue weighted by atomic mass is 32.2. The summed E-state index contributed by atoms with van der Waals surface area (Å²) in [5, 5.41) is 17.3. The van der Waals surface area contributed by atoms with E-state index >= 15 is 0 Å². The third-order valence-electron chi connectivity index (χ3n) is 1.65. The molecule has 0 aliphatic heterocycles. The molecule has 0 aliphatic rings. The van der Waals surface area contributed by atoms with Crippen LogP contribution in [0.1, 0.15) is 12.5 Å². The van der Waals surface area contributed by atoms with Gasteiger partial charge >= 0.3 is 0 Å². The maximum absolute atomic E-state index is 13.3. The molecular formula is C10H10FNOS. The van der Waals surface area contributed by atoms with Crippen molar-refractivity contribution in [3.8, 4) is 6.07 Å². The zero-order chi connectivity index (χ0) is 10.6. The first kappa shape index (κ1) is 11.0. The summed E-state index contributed by atoms with van der Waals surface area (Å²) in [6.07, 6.45) is 0. The molecule has 0 heterocycles. The second-order valence-corrected chi connectivity index (χ2v) is 4.35. The van der Waals surface area contributed by atoms with E-state index < -0.39 is 5.82 Å². The van der Waals surface area contributed by atoms with E-state index in [-0.39, 0.29) is 11.9 Å². The molecule has 1 rings (SSSR count). The van der Waals surface area contributed by atoms with Crippen LogP contribution in [0.5, 0.6) is 0 Å². The van der Waals surface area contributed by atoms with Crippen molar-refractivity contribution in [3.63, 3.8) is 0 Å². The zero-order valence-electron chi connectivity index (χ0n) is 7.70. The van der Waals surface area contributed by atoms with Gasteiger partial charge < -0.3 is 5.11 Å². The van der Waals surface area contributed by atoms with E-state index in [2.05, 4.69) is 0 Å². The largest absolute Gasteiger partial charge is 0.395 e. The minimum Gasteiger partial charge on any atom is -0.395 e. The summed E-state index contributed by atoms with van der Waals surface area (Å²) in [6.45, 7) is 1.81. The second-order valence-electron chi connectivity index (χ2n) is 2.87. The van der Waals surface area contributed by atoms with E-state index in [9.17, 15) is 4.39 Å². The molecule has 1 atom stereocenters. The monoisotopic (exact) mass is 211 g/mol. The van der Waals surface area contributed by atoms with E-state index in [0.717, 1.165) is 0 Å². The first-order valence-corrected chi connectivity index (χ1v) is 5.02. The van der Waals surface area contributed by atoms with Gasteiger partial charge in [0.2, 0.25) is 0 Å². The Morgan fingerprint density at radius 2 is 2.36 bits per heavy atom. The molecule has 0 spiro atoms. The number of hydrogen-bond donors (Lipinski definition) is 1. The highest BCUT2D eigenvalue weighted by Crippen LogP contribution is 2.26. The number of benzene rings is 1. The third kappa shape index (κ3) is 2.72. The summed E-state index contributed by atoms with van der Waals surface area (Å²) in [5.41, 5.74) is 0.309. The van der Waals surface area contributed by atoms with Crippen LogP contribution < -0.4 is 0 Å². The van der Waals surface area contributed by atoms with Crippen molar-refractivity contribution in [3.05, 3.63) is 29.6 Å². The van der Waals surface area contributed by atoms with Crippen molar-refractivity contribution < 1.29 is 9.50 Å². The summed E-state index contributed by atoms with van der Waals surface area (Å²) in [7, 11) is 0. The van der Waals surface area contributed by atoms with Crippen LogP contribution in [0.2, 0.25) is 0 Å². The number of hydrogen-bond acceptors (Lipinski definition) is 3. The first-order valence-electron chi connectivity index (χ1n) is 4.14. The Balaban J connectivity index is 2.85. The number of halogens is 1. The Morgan fingerprint density at radius 3 is 2.86 bits per heavy atom. The molecule has 0 saturated heterocycles. The van der Waals surface area contributed by atoms with Crippen LogP contribution >= 0.6 is 11.8 Å². The molecule has 0 aliphatic carbocycles. The molecular weight excluding hydrogens is 201 g/mol. The van der Waals surface area contributed by atoms with Gasteiger partial charge in [-0.1, -0.05) is 6.92 Å². The Morgan fingerprint density at radius 1 is 1.64 bits per heavy atom. The summed E-state index contributed by atoms with van der Waals surface area (Å²) >= 11 is 1.25. The van der Waals surface area contributed by atoms with Crippen LogP contribution in [0.25, 0.3) is 0 Å². The minimum absolute atomic E-state index is 0.00408. The highest BCUT2D eigenvalue weighted by Gasteiger charge is 2.08. The molecule has 1 N–H and O–H groups in total. The molecule has 1 aromatic carbocycles. The van der Waals surface area contributed by atoms with Crippen LogP contribution in [0.4, 0.5) is 4.39 Å². The normalized spacial score (nSPS) is 12.1. The number of aliphatic hydroxyl groups is 1. The summed E-state index contributed by atoms with van der Waals surface area (Å²) in [6, 6.07) is 6.19. The average molecular weight is 211 g/mol. The predicted octanol–water partition coefficient (Wildman–Crippen LogP) is 2.17. The van der Waals surface area contributed by atoms with Crippen LogP contribution in [0.15, 0.2) is 23.1 Å². The fraction of sp³-hybridized carbons (Fsp3) is 0.300. The molecule has 1 aromatic rings. The maximum atomic E-state index is 13.3. The van der Waals surface area contributed by atoms with Crippen LogP contribution in [-0.2, 0) is 0 Å². The van der Waals surface area contributed by atoms with Crippen molar-refractivity contribution in [1.82, 2.24) is 0 Å². The van der Waals surface area contributed by atoms with Gasteiger partial charge in [-0.25, -0.2) is 4.39 Å². The molecule has 4 heteroatoms. The van der Waals surface area contributed by atoms with E-state index in [1.807, 2.05) is 13.0 Å². The predicted molar refractivity (Wildman–Crippen MR) is 53.5 cm³/mol. The fourth-order valence-corrected chi connectivity index (χ4v) is 1.75. The molecule has 0 saturated carbocycles. The van der Waals surface area contributed by atoms with Gasteiger partial charge in [0, 0.05) is 10.1 Å². The highest BCUT2D eigenvalue weighted by molar-refractivity contribution is 8.00. The summed E-state index contributed by atoms with van der Waals surface area (Å²) < 4.78 is 13.3. The van der Waals surface area contributed by atoms with Crippen molar-refractivity contribution in [1.29, 1.82) is 5.26 Å². The number of nitrogens with zero attached hydrogens (tertiary/aromatic N) is 1. The lowest BCUT2D eigenvalue weighted by Gasteiger charge is -2.07. The summed E-state index contributed by atoms with van der Waals surface area (Å²) in [5.74, 6) is -0.408. The Bertz CT molecular complexity index is 362. The van der Waals surface area contributed by atoms with Crippen molar-refractivity contribution in [2.75, 3.05) is 6.61 Å². The Labute approximate surface area is 86.4 Å². The van der Waals surface area contributed by atoms with Gasteiger partial charge in [-0.05, 0) is 18.2 Å². The maximum Gasteiger partial charge on any atom is 0.138 e. The van der Waals surface area contributed by atoms with Crippen LogP contribution in [0.3, 0.4) is 0 Å². The standard InChI is InChI=1S/C10H10FNOS/c1-7(6-13)14-10-3-2-8(5-12)4-9(10)11/h2-4,7,13H,6H2,1H3. The quantitative estimate of drug-likeness (QED) is 0.779. The number of rotatable bonds is 3. The summed E-state index contributed by atoms with van der Waals surface area (Å²) in [4.78, 5) is 0.463. The lowest BCUT2D eigenvalue weighted by Crippen LogP contribution is -2.02. The smallest absolute Gasteiger partial charge is 0.138 e. The number of nitriles is 1.